The lowest BCUT2D eigenvalue weighted by molar-refractivity contribution is 0.391. The molecule has 0 aromatic carbocycles. The fraction of sp³-hybridized carbons (Fsp3) is 0.600. The van der Waals surface area contributed by atoms with E-state index in [0.717, 1.165) is 17.0 Å². The maximum Gasteiger partial charge on any atom is 0.138 e. The topological polar surface area (TPSA) is 61.9 Å². The van der Waals surface area contributed by atoms with Crippen LogP contribution in [0.15, 0.2) is 4.52 Å². The Morgan fingerprint density at radius 2 is 2.29 bits per heavy atom. The molecule has 4 nitrogen and oxygen atoms in total. The molecule has 1 heterocycles. The predicted octanol–water partition coefficient (Wildman–Crippen LogP) is 1.68. The zero-order chi connectivity index (χ0) is 10.6. The van der Waals surface area contributed by atoms with Gasteiger partial charge in [-0.1, -0.05) is 5.16 Å². The third-order valence-electron chi connectivity index (χ3n) is 2.21. The molecule has 0 amide bonds. The first-order valence-corrected chi connectivity index (χ1v) is 4.67. The highest BCUT2D eigenvalue weighted by Gasteiger charge is 2.09. The molecule has 14 heavy (non-hydrogen) atoms. The Hall–Kier alpha value is -1.34. The van der Waals surface area contributed by atoms with Crippen LogP contribution in [0.4, 0.5) is 0 Å². The molecule has 0 radical (unpaired) electrons. The second kappa shape index (κ2) is 4.77. The number of hydrogen-bond acceptors (Lipinski definition) is 4. The van der Waals surface area contributed by atoms with Gasteiger partial charge in [-0.15, -0.1) is 0 Å². The first-order valence-electron chi connectivity index (χ1n) is 4.67. The zero-order valence-corrected chi connectivity index (χ0v) is 8.79. The minimum absolute atomic E-state index is 0.202. The SMILES string of the molecule is Cc1noc(C)c1CNC(C)CC#N. The van der Waals surface area contributed by atoms with E-state index in [2.05, 4.69) is 16.5 Å². The van der Waals surface area contributed by atoms with Gasteiger partial charge in [0.2, 0.25) is 0 Å². The summed E-state index contributed by atoms with van der Waals surface area (Å²) in [4.78, 5) is 0. The van der Waals surface area contributed by atoms with Crippen molar-refractivity contribution in [3.05, 3.63) is 17.0 Å². The highest BCUT2D eigenvalue weighted by molar-refractivity contribution is 5.20. The molecule has 1 N–H and O–H groups in total. The van der Waals surface area contributed by atoms with Crippen molar-refractivity contribution in [3.8, 4) is 6.07 Å². The van der Waals surface area contributed by atoms with Crippen molar-refractivity contribution in [1.82, 2.24) is 10.5 Å². The second-order valence-electron chi connectivity index (χ2n) is 3.45. The summed E-state index contributed by atoms with van der Waals surface area (Å²) in [7, 11) is 0. The maximum atomic E-state index is 8.48. The second-order valence-corrected chi connectivity index (χ2v) is 3.45. The Morgan fingerprint density at radius 1 is 1.57 bits per heavy atom. The summed E-state index contributed by atoms with van der Waals surface area (Å²) < 4.78 is 5.03. The number of rotatable bonds is 4. The highest BCUT2D eigenvalue weighted by atomic mass is 16.5. The fourth-order valence-electron chi connectivity index (χ4n) is 1.24. The monoisotopic (exact) mass is 193 g/mol. The van der Waals surface area contributed by atoms with Gasteiger partial charge in [0.25, 0.3) is 0 Å². The van der Waals surface area contributed by atoms with Crippen molar-refractivity contribution < 1.29 is 4.52 Å². The van der Waals surface area contributed by atoms with Crippen LogP contribution in [0.1, 0.15) is 30.4 Å². The lowest BCUT2D eigenvalue weighted by atomic mass is 10.2. The molecule has 76 valence electrons. The first kappa shape index (κ1) is 10.7. The van der Waals surface area contributed by atoms with E-state index in [0.29, 0.717) is 13.0 Å². The lowest BCUT2D eigenvalue weighted by Gasteiger charge is -2.09. The molecule has 1 unspecified atom stereocenters. The average molecular weight is 193 g/mol. The number of hydrogen-bond donors (Lipinski definition) is 1. The van der Waals surface area contributed by atoms with Crippen LogP contribution in [0.2, 0.25) is 0 Å². The van der Waals surface area contributed by atoms with Gasteiger partial charge in [0, 0.05) is 18.2 Å². The number of nitrogens with zero attached hydrogens (tertiary/aromatic N) is 2. The summed E-state index contributed by atoms with van der Waals surface area (Å²) in [5, 5.41) is 15.6. The number of aryl methyl sites for hydroxylation is 2. The Balaban J connectivity index is 2.50. The molecule has 0 aliphatic carbocycles. The van der Waals surface area contributed by atoms with E-state index in [-0.39, 0.29) is 6.04 Å². The van der Waals surface area contributed by atoms with Crippen molar-refractivity contribution in [2.45, 2.75) is 39.8 Å². The molecular weight excluding hydrogens is 178 g/mol. The number of nitriles is 1. The van der Waals surface area contributed by atoms with Crippen LogP contribution in [0.3, 0.4) is 0 Å². The molecule has 1 aromatic heterocycles. The Labute approximate surface area is 83.9 Å². The number of aromatic nitrogens is 1. The third kappa shape index (κ3) is 2.57. The molecule has 0 spiro atoms. The van der Waals surface area contributed by atoms with Crippen LogP contribution in [-0.4, -0.2) is 11.2 Å². The summed E-state index contributed by atoms with van der Waals surface area (Å²) in [5.74, 6) is 0.846. The normalized spacial score (nSPS) is 12.4. The summed E-state index contributed by atoms with van der Waals surface area (Å²) in [6.07, 6.45) is 0.517. The van der Waals surface area contributed by atoms with E-state index in [1.165, 1.54) is 0 Å². The molecule has 0 fully saturated rings. The average Bonchev–Trinajstić information content (AvgIpc) is 2.44. The molecular formula is C10H15N3O. The van der Waals surface area contributed by atoms with E-state index in [4.69, 9.17) is 9.78 Å². The summed E-state index contributed by atoms with van der Waals surface area (Å²) in [5.41, 5.74) is 2.01. The predicted molar refractivity (Wildman–Crippen MR) is 52.5 cm³/mol. The van der Waals surface area contributed by atoms with E-state index in [1.54, 1.807) is 0 Å². The molecule has 1 rings (SSSR count). The van der Waals surface area contributed by atoms with Gasteiger partial charge in [0.1, 0.15) is 5.76 Å². The smallest absolute Gasteiger partial charge is 0.138 e. The van der Waals surface area contributed by atoms with Crippen molar-refractivity contribution in [2.75, 3.05) is 0 Å². The van der Waals surface area contributed by atoms with Crippen LogP contribution in [0.25, 0.3) is 0 Å². The standard InChI is InChI=1S/C10H15N3O/c1-7(4-5-11)12-6-10-8(2)13-14-9(10)3/h7,12H,4,6H2,1-3H3. The van der Waals surface area contributed by atoms with Crippen LogP contribution < -0.4 is 5.32 Å². The minimum atomic E-state index is 0.202. The highest BCUT2D eigenvalue weighted by Crippen LogP contribution is 2.11. The first-order chi connectivity index (χ1) is 6.65. The van der Waals surface area contributed by atoms with Crippen LogP contribution in [-0.2, 0) is 6.54 Å². The van der Waals surface area contributed by atoms with E-state index >= 15 is 0 Å². The van der Waals surface area contributed by atoms with Crippen molar-refractivity contribution in [2.24, 2.45) is 0 Å². The van der Waals surface area contributed by atoms with Crippen molar-refractivity contribution >= 4 is 0 Å². The molecule has 4 heteroatoms. The van der Waals surface area contributed by atoms with Crippen LogP contribution in [0.5, 0.6) is 0 Å². The maximum absolute atomic E-state index is 8.48. The third-order valence-corrected chi connectivity index (χ3v) is 2.21. The molecule has 0 aliphatic heterocycles. The number of nitrogens with one attached hydrogen (secondary N) is 1. The van der Waals surface area contributed by atoms with E-state index < -0.39 is 0 Å². The lowest BCUT2D eigenvalue weighted by Crippen LogP contribution is -2.25. The quantitative estimate of drug-likeness (QED) is 0.790. The Kier molecular flexibility index (Phi) is 3.66. The largest absolute Gasteiger partial charge is 0.361 e. The van der Waals surface area contributed by atoms with Gasteiger partial charge in [-0.2, -0.15) is 5.26 Å². The van der Waals surface area contributed by atoms with Crippen LogP contribution in [0, 0.1) is 25.2 Å². The fourth-order valence-corrected chi connectivity index (χ4v) is 1.24. The van der Waals surface area contributed by atoms with Crippen molar-refractivity contribution in [1.29, 1.82) is 5.26 Å². The van der Waals surface area contributed by atoms with E-state index in [9.17, 15) is 0 Å². The molecule has 0 bridgehead atoms. The zero-order valence-electron chi connectivity index (χ0n) is 8.79. The van der Waals surface area contributed by atoms with E-state index in [1.807, 2.05) is 20.8 Å². The van der Waals surface area contributed by atoms with Gasteiger partial charge < -0.3 is 9.84 Å². The van der Waals surface area contributed by atoms with Gasteiger partial charge in [-0.05, 0) is 20.8 Å². The van der Waals surface area contributed by atoms with Crippen molar-refractivity contribution in [3.63, 3.8) is 0 Å². The minimum Gasteiger partial charge on any atom is -0.361 e. The molecule has 1 aromatic rings. The summed E-state index contributed by atoms with van der Waals surface area (Å²) in [6, 6.07) is 2.33. The Bertz CT molecular complexity index is 318. The summed E-state index contributed by atoms with van der Waals surface area (Å²) in [6.45, 7) is 6.51. The molecule has 0 aliphatic rings. The van der Waals surface area contributed by atoms with Gasteiger partial charge in [0.15, 0.2) is 0 Å². The van der Waals surface area contributed by atoms with Gasteiger partial charge in [-0.25, -0.2) is 0 Å². The molecule has 0 saturated heterocycles. The van der Waals surface area contributed by atoms with Gasteiger partial charge in [-0.3, -0.25) is 0 Å². The van der Waals surface area contributed by atoms with Gasteiger partial charge >= 0.3 is 0 Å². The summed E-state index contributed by atoms with van der Waals surface area (Å²) >= 11 is 0. The Morgan fingerprint density at radius 3 is 2.79 bits per heavy atom. The molecule has 1 atom stereocenters. The van der Waals surface area contributed by atoms with Crippen LogP contribution >= 0.6 is 0 Å². The molecule has 0 saturated carbocycles. The van der Waals surface area contributed by atoms with Gasteiger partial charge in [0.05, 0.1) is 18.2 Å².